The first-order valence-corrected chi connectivity index (χ1v) is 7.37. The highest BCUT2D eigenvalue weighted by atomic mass is 16.5. The van der Waals surface area contributed by atoms with Crippen LogP contribution < -0.4 is 10.5 Å². The Morgan fingerprint density at radius 2 is 2.17 bits per heavy atom. The zero-order chi connectivity index (χ0) is 16.4. The Morgan fingerprint density at radius 3 is 2.91 bits per heavy atom. The van der Waals surface area contributed by atoms with Gasteiger partial charge in [-0.2, -0.15) is 10.1 Å². The number of ether oxygens (including phenoxy) is 1. The van der Waals surface area contributed by atoms with Crippen molar-refractivity contribution in [2.24, 2.45) is 7.05 Å². The van der Waals surface area contributed by atoms with Gasteiger partial charge in [-0.15, -0.1) is 0 Å². The molecule has 3 N–H and O–H groups in total. The molecule has 0 aliphatic carbocycles. The summed E-state index contributed by atoms with van der Waals surface area (Å²) in [4.78, 5) is 9.10. The van der Waals surface area contributed by atoms with E-state index in [-0.39, 0.29) is 0 Å². The number of nitrogen functional groups attached to an aromatic ring is 1. The van der Waals surface area contributed by atoms with Crippen LogP contribution in [0.2, 0.25) is 0 Å². The Morgan fingerprint density at radius 1 is 1.35 bits per heavy atom. The fraction of sp³-hybridized carbons (Fsp3) is 0.250. The van der Waals surface area contributed by atoms with E-state index in [1.807, 2.05) is 26.1 Å². The van der Waals surface area contributed by atoms with E-state index < -0.39 is 0 Å². The van der Waals surface area contributed by atoms with Gasteiger partial charge in [0.1, 0.15) is 5.39 Å². The largest absolute Gasteiger partial charge is 0.477 e. The number of nitrogens with two attached hydrogens (primary N) is 1. The highest BCUT2D eigenvalue weighted by Gasteiger charge is 2.16. The molecule has 2 aromatic heterocycles. The van der Waals surface area contributed by atoms with Crippen molar-refractivity contribution in [3.63, 3.8) is 0 Å². The van der Waals surface area contributed by atoms with Crippen LogP contribution in [0.15, 0.2) is 24.4 Å². The number of aromatic nitrogens is 4. The van der Waals surface area contributed by atoms with Crippen molar-refractivity contribution in [1.29, 1.82) is 5.41 Å². The van der Waals surface area contributed by atoms with Gasteiger partial charge in [-0.1, -0.05) is 19.1 Å². The van der Waals surface area contributed by atoms with Crippen LogP contribution in [0.1, 0.15) is 18.9 Å². The molecule has 0 saturated heterocycles. The second-order valence-electron chi connectivity index (χ2n) is 5.16. The number of anilines is 1. The summed E-state index contributed by atoms with van der Waals surface area (Å²) in [6.07, 6.45) is 3.79. The van der Waals surface area contributed by atoms with Crippen LogP contribution in [-0.4, -0.2) is 32.6 Å². The minimum absolute atomic E-state index is 0.470. The van der Waals surface area contributed by atoms with Crippen molar-refractivity contribution in [3.8, 4) is 17.3 Å². The highest BCUT2D eigenvalue weighted by Crippen LogP contribution is 2.29. The van der Waals surface area contributed by atoms with Crippen LogP contribution in [0.4, 0.5) is 5.69 Å². The first kappa shape index (κ1) is 15.0. The molecule has 2 heterocycles. The number of nitrogens with one attached hydrogen (secondary N) is 1. The molecule has 0 radical (unpaired) electrons. The van der Waals surface area contributed by atoms with Crippen LogP contribution >= 0.6 is 0 Å². The Kier molecular flexibility index (Phi) is 3.92. The molecule has 0 saturated carbocycles. The van der Waals surface area contributed by atoms with E-state index in [1.54, 1.807) is 16.9 Å². The maximum Gasteiger partial charge on any atom is 0.228 e. The van der Waals surface area contributed by atoms with Crippen LogP contribution in [0.25, 0.3) is 22.4 Å². The van der Waals surface area contributed by atoms with E-state index >= 15 is 0 Å². The molecular formula is C16H18N6O. The predicted octanol–water partition coefficient (Wildman–Crippen LogP) is 2.40. The normalized spacial score (nSPS) is 10.9. The molecule has 0 aliphatic rings. The van der Waals surface area contributed by atoms with Crippen molar-refractivity contribution in [1.82, 2.24) is 19.7 Å². The van der Waals surface area contributed by atoms with Crippen molar-refractivity contribution in [2.75, 3.05) is 12.3 Å². The number of rotatable bonds is 5. The van der Waals surface area contributed by atoms with Gasteiger partial charge in [-0.05, 0) is 12.5 Å². The second-order valence-corrected chi connectivity index (χ2v) is 5.16. The van der Waals surface area contributed by atoms with Crippen molar-refractivity contribution in [3.05, 3.63) is 30.0 Å². The van der Waals surface area contributed by atoms with E-state index in [1.165, 1.54) is 6.21 Å². The molecule has 3 aromatic rings. The van der Waals surface area contributed by atoms with Gasteiger partial charge < -0.3 is 15.9 Å². The summed E-state index contributed by atoms with van der Waals surface area (Å²) in [5.74, 6) is 0.969. The van der Waals surface area contributed by atoms with Crippen LogP contribution in [0, 0.1) is 5.41 Å². The van der Waals surface area contributed by atoms with Gasteiger partial charge in [-0.25, -0.2) is 4.98 Å². The minimum Gasteiger partial charge on any atom is -0.477 e. The number of benzene rings is 1. The third-order valence-electron chi connectivity index (χ3n) is 3.53. The maximum absolute atomic E-state index is 7.61. The maximum atomic E-state index is 7.61. The summed E-state index contributed by atoms with van der Waals surface area (Å²) in [5, 5.41) is 12.6. The van der Waals surface area contributed by atoms with Gasteiger partial charge in [0, 0.05) is 30.1 Å². The summed E-state index contributed by atoms with van der Waals surface area (Å²) in [7, 11) is 1.82. The number of nitrogens with zero attached hydrogens (tertiary/aromatic N) is 4. The first-order chi connectivity index (χ1) is 11.2. The fourth-order valence-electron chi connectivity index (χ4n) is 2.36. The average Bonchev–Trinajstić information content (AvgIpc) is 2.93. The summed E-state index contributed by atoms with van der Waals surface area (Å²) in [5.41, 5.74) is 8.44. The molecule has 0 spiro atoms. The smallest absolute Gasteiger partial charge is 0.228 e. The van der Waals surface area contributed by atoms with Gasteiger partial charge in [0.15, 0.2) is 11.5 Å². The van der Waals surface area contributed by atoms with E-state index in [9.17, 15) is 0 Å². The van der Waals surface area contributed by atoms with Crippen LogP contribution in [0.3, 0.4) is 0 Å². The summed E-state index contributed by atoms with van der Waals surface area (Å²) >= 11 is 0. The number of hydrogen-bond acceptors (Lipinski definition) is 6. The Hall–Kier alpha value is -2.96. The quantitative estimate of drug-likeness (QED) is 0.556. The SMILES string of the molecule is CCCOc1nc(-c2cccc(N)c2C=N)nc2c1cnn2C. The monoisotopic (exact) mass is 310 g/mol. The van der Waals surface area contributed by atoms with E-state index in [4.69, 9.17) is 15.9 Å². The molecule has 0 unspecified atom stereocenters. The molecule has 7 nitrogen and oxygen atoms in total. The fourth-order valence-corrected chi connectivity index (χ4v) is 2.36. The Balaban J connectivity index is 2.24. The zero-order valence-electron chi connectivity index (χ0n) is 13.1. The molecule has 0 atom stereocenters. The van der Waals surface area contributed by atoms with Crippen LogP contribution in [0.5, 0.6) is 5.88 Å². The lowest BCUT2D eigenvalue weighted by Gasteiger charge is -2.10. The summed E-state index contributed by atoms with van der Waals surface area (Å²) in [6, 6.07) is 5.42. The predicted molar refractivity (Wildman–Crippen MR) is 89.8 cm³/mol. The summed E-state index contributed by atoms with van der Waals surface area (Å²) in [6.45, 7) is 2.60. The molecule has 0 aliphatic heterocycles. The standard InChI is InChI=1S/C16H18N6O/c1-3-7-23-16-12-9-19-22(2)15(12)20-14(21-16)10-5-4-6-13(18)11(10)8-17/h4-6,8-9,17H,3,7,18H2,1-2H3. The Bertz CT molecular complexity index is 870. The zero-order valence-corrected chi connectivity index (χ0v) is 13.1. The Labute approximate surface area is 133 Å². The molecule has 0 fully saturated rings. The van der Waals surface area contributed by atoms with Crippen molar-refractivity contribution < 1.29 is 4.74 Å². The van der Waals surface area contributed by atoms with E-state index in [0.717, 1.165) is 11.8 Å². The second kappa shape index (κ2) is 6.04. The highest BCUT2D eigenvalue weighted by molar-refractivity contribution is 5.94. The first-order valence-electron chi connectivity index (χ1n) is 7.37. The van der Waals surface area contributed by atoms with Gasteiger partial charge in [-0.3, -0.25) is 4.68 Å². The molecule has 23 heavy (non-hydrogen) atoms. The lowest BCUT2D eigenvalue weighted by Crippen LogP contribution is -2.04. The number of fused-ring (bicyclic) bond motifs is 1. The van der Waals surface area contributed by atoms with Crippen molar-refractivity contribution >= 4 is 22.9 Å². The molecular weight excluding hydrogens is 292 g/mol. The van der Waals surface area contributed by atoms with E-state index in [2.05, 4.69) is 15.1 Å². The third kappa shape index (κ3) is 2.61. The van der Waals surface area contributed by atoms with Crippen molar-refractivity contribution in [2.45, 2.75) is 13.3 Å². The number of hydrogen-bond donors (Lipinski definition) is 2. The molecule has 1 aromatic carbocycles. The minimum atomic E-state index is 0.470. The third-order valence-corrected chi connectivity index (χ3v) is 3.53. The van der Waals surface area contributed by atoms with Gasteiger partial charge in [0.05, 0.1) is 12.8 Å². The molecule has 0 amide bonds. The molecule has 3 rings (SSSR count). The van der Waals surface area contributed by atoms with E-state index in [0.29, 0.717) is 40.8 Å². The van der Waals surface area contributed by atoms with Gasteiger partial charge in [0.2, 0.25) is 5.88 Å². The molecule has 0 bridgehead atoms. The van der Waals surface area contributed by atoms with Gasteiger partial charge >= 0.3 is 0 Å². The summed E-state index contributed by atoms with van der Waals surface area (Å²) < 4.78 is 7.43. The number of aryl methyl sites for hydroxylation is 1. The molecule has 118 valence electrons. The average molecular weight is 310 g/mol. The lowest BCUT2D eigenvalue weighted by molar-refractivity contribution is 0.309. The topological polar surface area (TPSA) is 103 Å². The van der Waals surface area contributed by atoms with Gasteiger partial charge in [0.25, 0.3) is 0 Å². The molecule has 7 heteroatoms. The van der Waals surface area contributed by atoms with Crippen LogP contribution in [-0.2, 0) is 7.05 Å². The lowest BCUT2D eigenvalue weighted by atomic mass is 10.1.